The zero-order chi connectivity index (χ0) is 16.1. The summed E-state index contributed by atoms with van der Waals surface area (Å²) in [4.78, 5) is 14.3. The Morgan fingerprint density at radius 3 is 2.55 bits per heavy atom. The zero-order valence-corrected chi connectivity index (χ0v) is 13.1. The largest absolute Gasteiger partial charge is 0.350 e. The van der Waals surface area contributed by atoms with Crippen LogP contribution in [0.1, 0.15) is 27.5 Å². The van der Waals surface area contributed by atoms with E-state index in [1.54, 1.807) is 12.1 Å². The van der Waals surface area contributed by atoms with Crippen LogP contribution < -0.4 is 5.32 Å². The van der Waals surface area contributed by atoms with Gasteiger partial charge in [0.15, 0.2) is 0 Å². The molecule has 0 saturated carbocycles. The van der Waals surface area contributed by atoms with Gasteiger partial charge >= 0.3 is 0 Å². The fourth-order valence-electron chi connectivity index (χ4n) is 2.42. The molecule has 0 aliphatic carbocycles. The van der Waals surface area contributed by atoms with Gasteiger partial charge in [0.1, 0.15) is 5.82 Å². The number of rotatable bonds is 5. The molecule has 0 unspecified atom stereocenters. The first-order chi connectivity index (χ1) is 10.5. The topological polar surface area (TPSA) is 32.3 Å². The summed E-state index contributed by atoms with van der Waals surface area (Å²) >= 11 is 0. The maximum absolute atomic E-state index is 13.4. The van der Waals surface area contributed by atoms with Crippen LogP contribution in [0, 0.1) is 12.7 Å². The van der Waals surface area contributed by atoms with Crippen LogP contribution in [0.4, 0.5) is 4.39 Å². The zero-order valence-electron chi connectivity index (χ0n) is 13.1. The minimum atomic E-state index is -0.269. The summed E-state index contributed by atoms with van der Waals surface area (Å²) in [6.45, 7) is 2.33. The Morgan fingerprint density at radius 2 is 1.91 bits per heavy atom. The van der Waals surface area contributed by atoms with Crippen LogP contribution in [0.15, 0.2) is 48.5 Å². The molecule has 0 heterocycles. The SMILES string of the molecule is Cc1ccccc1C(=O)NC[C@H](c1cccc(F)c1)N(C)C. The summed E-state index contributed by atoms with van der Waals surface area (Å²) in [5, 5.41) is 2.94. The number of likely N-dealkylation sites (N-methyl/N-ethyl adjacent to an activating group) is 1. The molecule has 0 aliphatic rings. The molecule has 1 amide bonds. The lowest BCUT2D eigenvalue weighted by Crippen LogP contribution is -2.34. The molecule has 22 heavy (non-hydrogen) atoms. The van der Waals surface area contributed by atoms with Crippen LogP contribution >= 0.6 is 0 Å². The van der Waals surface area contributed by atoms with Crippen molar-refractivity contribution in [2.24, 2.45) is 0 Å². The van der Waals surface area contributed by atoms with Crippen LogP contribution in [-0.4, -0.2) is 31.4 Å². The number of hydrogen-bond acceptors (Lipinski definition) is 2. The second kappa shape index (κ2) is 7.18. The third kappa shape index (κ3) is 3.92. The van der Waals surface area contributed by atoms with Crippen LogP contribution in [0.5, 0.6) is 0 Å². The van der Waals surface area contributed by atoms with Gasteiger partial charge in [-0.2, -0.15) is 0 Å². The third-order valence-electron chi connectivity index (χ3n) is 3.70. The van der Waals surface area contributed by atoms with Gasteiger partial charge in [-0.25, -0.2) is 4.39 Å². The molecular weight excluding hydrogens is 279 g/mol. The Hall–Kier alpha value is -2.20. The molecule has 0 radical (unpaired) electrons. The molecule has 0 aromatic heterocycles. The normalized spacial score (nSPS) is 12.2. The standard InChI is InChI=1S/C18H21FN2O/c1-13-7-4-5-10-16(13)18(22)20-12-17(21(2)3)14-8-6-9-15(19)11-14/h4-11,17H,12H2,1-3H3,(H,20,22)/t17-/m1/s1. The van der Waals surface area contributed by atoms with E-state index in [1.807, 2.05) is 50.2 Å². The number of hydrogen-bond donors (Lipinski definition) is 1. The average molecular weight is 300 g/mol. The minimum absolute atomic E-state index is 0.0799. The van der Waals surface area contributed by atoms with E-state index in [-0.39, 0.29) is 17.8 Å². The van der Waals surface area contributed by atoms with E-state index in [0.29, 0.717) is 12.1 Å². The van der Waals surface area contributed by atoms with Crippen molar-refractivity contribution in [3.63, 3.8) is 0 Å². The highest BCUT2D eigenvalue weighted by atomic mass is 19.1. The number of aryl methyl sites for hydroxylation is 1. The molecular formula is C18H21FN2O. The quantitative estimate of drug-likeness (QED) is 0.920. The lowest BCUT2D eigenvalue weighted by Gasteiger charge is -2.25. The summed E-state index contributed by atoms with van der Waals surface area (Å²) in [7, 11) is 3.82. The van der Waals surface area contributed by atoms with Crippen LogP contribution in [0.25, 0.3) is 0 Å². The smallest absolute Gasteiger partial charge is 0.251 e. The number of nitrogens with zero attached hydrogens (tertiary/aromatic N) is 1. The average Bonchev–Trinajstić information content (AvgIpc) is 2.47. The number of carbonyl (C=O) groups excluding carboxylic acids is 1. The molecule has 116 valence electrons. The summed E-state index contributed by atoms with van der Waals surface area (Å²) in [6, 6.07) is 13.9. The predicted molar refractivity (Wildman–Crippen MR) is 86.3 cm³/mol. The number of nitrogens with one attached hydrogen (secondary N) is 1. The van der Waals surface area contributed by atoms with Crippen molar-refractivity contribution in [1.29, 1.82) is 0 Å². The Balaban J connectivity index is 2.10. The highest BCUT2D eigenvalue weighted by molar-refractivity contribution is 5.95. The van der Waals surface area contributed by atoms with E-state index in [4.69, 9.17) is 0 Å². The molecule has 0 spiro atoms. The predicted octanol–water partition coefficient (Wildman–Crippen LogP) is 3.17. The Kier molecular flexibility index (Phi) is 5.28. The number of amides is 1. The first-order valence-corrected chi connectivity index (χ1v) is 7.24. The molecule has 4 heteroatoms. The summed E-state index contributed by atoms with van der Waals surface area (Å²) in [6.07, 6.45) is 0. The summed E-state index contributed by atoms with van der Waals surface area (Å²) in [5.74, 6) is -0.379. The summed E-state index contributed by atoms with van der Waals surface area (Å²) in [5.41, 5.74) is 2.45. The van der Waals surface area contributed by atoms with Gasteiger partial charge in [0.2, 0.25) is 0 Å². The first-order valence-electron chi connectivity index (χ1n) is 7.24. The maximum Gasteiger partial charge on any atom is 0.251 e. The number of halogens is 1. The fourth-order valence-corrected chi connectivity index (χ4v) is 2.42. The van der Waals surface area contributed by atoms with Gasteiger partial charge in [-0.3, -0.25) is 4.79 Å². The highest BCUT2D eigenvalue weighted by Gasteiger charge is 2.17. The molecule has 0 aliphatic heterocycles. The first kappa shape index (κ1) is 16.2. The van der Waals surface area contributed by atoms with Gasteiger partial charge < -0.3 is 10.2 Å². The Bertz CT molecular complexity index is 655. The highest BCUT2D eigenvalue weighted by Crippen LogP contribution is 2.18. The van der Waals surface area contributed by atoms with Gasteiger partial charge in [0.25, 0.3) is 5.91 Å². The van der Waals surface area contributed by atoms with Gasteiger partial charge in [-0.1, -0.05) is 30.3 Å². The van der Waals surface area contributed by atoms with Crippen molar-refractivity contribution in [3.05, 3.63) is 71.0 Å². The third-order valence-corrected chi connectivity index (χ3v) is 3.70. The lowest BCUT2D eigenvalue weighted by atomic mass is 10.0. The van der Waals surface area contributed by atoms with Crippen LogP contribution in [-0.2, 0) is 0 Å². The maximum atomic E-state index is 13.4. The molecule has 3 nitrogen and oxygen atoms in total. The molecule has 0 saturated heterocycles. The van der Waals surface area contributed by atoms with E-state index in [2.05, 4.69) is 5.32 Å². The van der Waals surface area contributed by atoms with Crippen molar-refractivity contribution < 1.29 is 9.18 Å². The van der Waals surface area contributed by atoms with Crippen molar-refractivity contribution in [2.75, 3.05) is 20.6 Å². The molecule has 0 fully saturated rings. The van der Waals surface area contributed by atoms with E-state index >= 15 is 0 Å². The second-order valence-corrected chi connectivity index (χ2v) is 5.56. The minimum Gasteiger partial charge on any atom is -0.350 e. The number of carbonyl (C=O) groups is 1. The Morgan fingerprint density at radius 1 is 1.18 bits per heavy atom. The Labute approximate surface area is 130 Å². The monoisotopic (exact) mass is 300 g/mol. The molecule has 2 aromatic carbocycles. The van der Waals surface area contributed by atoms with Crippen molar-refractivity contribution in [1.82, 2.24) is 10.2 Å². The van der Waals surface area contributed by atoms with E-state index < -0.39 is 0 Å². The fraction of sp³-hybridized carbons (Fsp3) is 0.278. The van der Waals surface area contributed by atoms with Crippen LogP contribution in [0.2, 0.25) is 0 Å². The van der Waals surface area contributed by atoms with Crippen molar-refractivity contribution in [2.45, 2.75) is 13.0 Å². The van der Waals surface area contributed by atoms with Crippen LogP contribution in [0.3, 0.4) is 0 Å². The van der Waals surface area contributed by atoms with Gasteiger partial charge in [-0.05, 0) is 50.3 Å². The summed E-state index contributed by atoms with van der Waals surface area (Å²) < 4.78 is 13.4. The molecule has 0 bridgehead atoms. The molecule has 1 atom stereocenters. The van der Waals surface area contributed by atoms with E-state index in [1.165, 1.54) is 12.1 Å². The van der Waals surface area contributed by atoms with E-state index in [0.717, 1.165) is 11.1 Å². The van der Waals surface area contributed by atoms with E-state index in [9.17, 15) is 9.18 Å². The number of benzene rings is 2. The lowest BCUT2D eigenvalue weighted by molar-refractivity contribution is 0.0941. The molecule has 1 N–H and O–H groups in total. The van der Waals surface area contributed by atoms with Gasteiger partial charge in [0, 0.05) is 12.1 Å². The molecule has 2 rings (SSSR count). The van der Waals surface area contributed by atoms with Crippen molar-refractivity contribution >= 4 is 5.91 Å². The van der Waals surface area contributed by atoms with Gasteiger partial charge in [-0.15, -0.1) is 0 Å². The molecule has 2 aromatic rings. The van der Waals surface area contributed by atoms with Gasteiger partial charge in [0.05, 0.1) is 6.04 Å². The van der Waals surface area contributed by atoms with Crippen molar-refractivity contribution in [3.8, 4) is 0 Å². The second-order valence-electron chi connectivity index (χ2n) is 5.56.